The number of rotatable bonds is 3. The van der Waals surface area contributed by atoms with Gasteiger partial charge >= 0.3 is 0 Å². The third-order valence-corrected chi connectivity index (χ3v) is 6.17. The Kier molecular flexibility index (Phi) is 4.22. The first kappa shape index (κ1) is 15.6. The van der Waals surface area contributed by atoms with E-state index in [-0.39, 0.29) is 10.7 Å². The van der Waals surface area contributed by atoms with Gasteiger partial charge in [0.15, 0.2) is 0 Å². The van der Waals surface area contributed by atoms with Crippen molar-refractivity contribution in [3.05, 3.63) is 118 Å². The molecular weight excluding hydrogens is 332 g/mol. The normalized spacial score (nSPS) is 22.6. The van der Waals surface area contributed by atoms with Crippen LogP contribution in [0.5, 0.6) is 0 Å². The Hall–Kier alpha value is -1.96. The molecule has 0 N–H and O–H groups in total. The Morgan fingerprint density at radius 3 is 2.08 bits per heavy atom. The first-order valence-electron chi connectivity index (χ1n) is 8.01. The molecule has 4 rings (SSSR count). The molecule has 0 saturated heterocycles. The summed E-state index contributed by atoms with van der Waals surface area (Å²) >= 11 is 8.51. The van der Waals surface area contributed by atoms with Crippen LogP contribution in [0.15, 0.2) is 96.4 Å². The second-order valence-electron chi connectivity index (χ2n) is 5.94. The van der Waals surface area contributed by atoms with Gasteiger partial charge in [0.25, 0.3) is 0 Å². The van der Waals surface area contributed by atoms with Gasteiger partial charge in [-0.15, -0.1) is 11.8 Å². The predicted molar refractivity (Wildman–Crippen MR) is 105 cm³/mol. The smallest absolute Gasteiger partial charge is 0.0567 e. The Morgan fingerprint density at radius 1 is 0.750 bits per heavy atom. The highest BCUT2D eigenvalue weighted by molar-refractivity contribution is 8.02. The summed E-state index contributed by atoms with van der Waals surface area (Å²) in [5.41, 5.74) is 3.49. The number of thioether (sulfide) groups is 1. The lowest BCUT2D eigenvalue weighted by atomic mass is 9.70. The van der Waals surface area contributed by atoms with Gasteiger partial charge in [-0.2, -0.15) is 0 Å². The van der Waals surface area contributed by atoms with Crippen molar-refractivity contribution in [1.82, 2.24) is 0 Å². The highest BCUT2D eigenvalue weighted by Gasteiger charge is 2.45. The number of allylic oxidation sites excluding steroid dienone is 1. The van der Waals surface area contributed by atoms with Gasteiger partial charge in [0.05, 0.1) is 10.7 Å². The van der Waals surface area contributed by atoms with Crippen LogP contribution in [-0.2, 0) is 5.41 Å². The zero-order valence-electron chi connectivity index (χ0n) is 13.1. The van der Waals surface area contributed by atoms with Crippen LogP contribution in [0.3, 0.4) is 0 Å². The molecule has 1 heterocycles. The summed E-state index contributed by atoms with van der Waals surface area (Å²) in [6.07, 6.45) is 2.31. The number of halogens is 1. The molecule has 0 nitrogen and oxygen atoms in total. The van der Waals surface area contributed by atoms with Crippen molar-refractivity contribution in [1.29, 1.82) is 0 Å². The fourth-order valence-corrected chi connectivity index (χ4v) is 5.15. The molecule has 0 fully saturated rings. The standard InChI is InChI=1S/C22H17ClS/c23-20-14-8-7-13-19(20)22(18-11-5-2-6-12-18)15-16-24-21(22)17-9-3-1-4-10-17/h1-16,21H. The minimum Gasteiger partial charge on any atom is -0.125 e. The summed E-state index contributed by atoms with van der Waals surface area (Å²) in [5, 5.41) is 3.30. The van der Waals surface area contributed by atoms with Crippen LogP contribution in [0.4, 0.5) is 0 Å². The molecule has 0 radical (unpaired) electrons. The van der Waals surface area contributed by atoms with E-state index in [0.717, 1.165) is 10.6 Å². The van der Waals surface area contributed by atoms with Crippen molar-refractivity contribution in [3.63, 3.8) is 0 Å². The average molecular weight is 349 g/mol. The Labute approximate surface area is 152 Å². The second kappa shape index (κ2) is 6.51. The Bertz CT molecular complexity index is 857. The molecule has 3 aromatic carbocycles. The van der Waals surface area contributed by atoms with Gasteiger partial charge in [0.1, 0.15) is 0 Å². The highest BCUT2D eigenvalue weighted by atomic mass is 35.5. The quantitative estimate of drug-likeness (QED) is 0.512. The molecular formula is C22H17ClS. The largest absolute Gasteiger partial charge is 0.125 e. The zero-order chi connectivity index (χ0) is 16.4. The van der Waals surface area contributed by atoms with Crippen LogP contribution in [0, 0.1) is 0 Å². The van der Waals surface area contributed by atoms with Crippen LogP contribution in [0.1, 0.15) is 21.9 Å². The minimum absolute atomic E-state index is 0.258. The molecule has 2 unspecified atom stereocenters. The summed E-state index contributed by atoms with van der Waals surface area (Å²) in [5.74, 6) is 0. The van der Waals surface area contributed by atoms with E-state index in [9.17, 15) is 0 Å². The molecule has 2 atom stereocenters. The lowest BCUT2D eigenvalue weighted by molar-refractivity contribution is 0.635. The fourth-order valence-electron chi connectivity index (χ4n) is 3.53. The summed E-state index contributed by atoms with van der Waals surface area (Å²) in [6, 6.07) is 29.6. The van der Waals surface area contributed by atoms with Gasteiger partial charge in [-0.1, -0.05) is 96.5 Å². The zero-order valence-corrected chi connectivity index (χ0v) is 14.7. The van der Waals surface area contributed by atoms with Gasteiger partial charge in [-0.25, -0.2) is 0 Å². The van der Waals surface area contributed by atoms with Crippen molar-refractivity contribution in [2.24, 2.45) is 0 Å². The van der Waals surface area contributed by atoms with Crippen LogP contribution in [0.25, 0.3) is 0 Å². The maximum absolute atomic E-state index is 6.65. The molecule has 0 bridgehead atoms. The van der Waals surface area contributed by atoms with E-state index in [1.54, 1.807) is 0 Å². The van der Waals surface area contributed by atoms with Gasteiger partial charge in [0.2, 0.25) is 0 Å². The SMILES string of the molecule is Clc1ccccc1C1(c2ccccc2)C=CSC1c1ccccc1. The van der Waals surface area contributed by atoms with Crippen molar-refractivity contribution in [2.75, 3.05) is 0 Å². The van der Waals surface area contributed by atoms with E-state index in [1.807, 2.05) is 23.9 Å². The number of hydrogen-bond donors (Lipinski definition) is 0. The molecule has 0 amide bonds. The Balaban J connectivity index is 1.98. The molecule has 118 valence electrons. The van der Waals surface area contributed by atoms with Gasteiger partial charge < -0.3 is 0 Å². The lowest BCUT2D eigenvalue weighted by Gasteiger charge is -2.36. The third-order valence-electron chi connectivity index (χ3n) is 4.63. The van der Waals surface area contributed by atoms with Crippen molar-refractivity contribution in [2.45, 2.75) is 10.7 Å². The van der Waals surface area contributed by atoms with E-state index in [0.29, 0.717) is 0 Å². The molecule has 3 aromatic rings. The average Bonchev–Trinajstić information content (AvgIpc) is 3.09. The van der Waals surface area contributed by atoms with Gasteiger partial charge in [-0.3, -0.25) is 0 Å². The molecule has 24 heavy (non-hydrogen) atoms. The van der Waals surface area contributed by atoms with Crippen molar-refractivity contribution >= 4 is 23.4 Å². The van der Waals surface area contributed by atoms with Crippen molar-refractivity contribution < 1.29 is 0 Å². The molecule has 0 aliphatic carbocycles. The number of hydrogen-bond acceptors (Lipinski definition) is 1. The first-order chi connectivity index (χ1) is 11.8. The minimum atomic E-state index is -0.258. The van der Waals surface area contributed by atoms with Crippen molar-refractivity contribution in [3.8, 4) is 0 Å². The maximum atomic E-state index is 6.65. The van der Waals surface area contributed by atoms with Gasteiger partial charge in [0, 0.05) is 5.02 Å². The molecule has 1 aliphatic heterocycles. The van der Waals surface area contributed by atoms with Crippen LogP contribution < -0.4 is 0 Å². The van der Waals surface area contributed by atoms with Crippen LogP contribution >= 0.6 is 23.4 Å². The summed E-state index contributed by atoms with van der Waals surface area (Å²) in [6.45, 7) is 0. The predicted octanol–water partition coefficient (Wildman–Crippen LogP) is 6.63. The monoisotopic (exact) mass is 348 g/mol. The molecule has 0 saturated carbocycles. The summed E-state index contributed by atoms with van der Waals surface area (Å²) < 4.78 is 0. The molecule has 0 spiro atoms. The van der Waals surface area contributed by atoms with E-state index >= 15 is 0 Å². The summed E-state index contributed by atoms with van der Waals surface area (Å²) in [7, 11) is 0. The first-order valence-corrected chi connectivity index (χ1v) is 9.33. The van der Waals surface area contributed by atoms with Crippen LogP contribution in [0.2, 0.25) is 5.02 Å². The molecule has 1 aliphatic rings. The fraction of sp³-hybridized carbons (Fsp3) is 0.0909. The molecule has 2 heteroatoms. The van der Waals surface area contributed by atoms with E-state index < -0.39 is 0 Å². The van der Waals surface area contributed by atoms with E-state index in [4.69, 9.17) is 11.6 Å². The summed E-state index contributed by atoms with van der Waals surface area (Å²) in [4.78, 5) is 0. The lowest BCUT2D eigenvalue weighted by Crippen LogP contribution is -2.29. The van der Waals surface area contributed by atoms with E-state index in [2.05, 4.69) is 84.3 Å². The third kappa shape index (κ3) is 2.49. The topological polar surface area (TPSA) is 0 Å². The van der Waals surface area contributed by atoms with E-state index in [1.165, 1.54) is 11.1 Å². The highest BCUT2D eigenvalue weighted by Crippen LogP contribution is 2.57. The van der Waals surface area contributed by atoms with Crippen LogP contribution in [-0.4, -0.2) is 0 Å². The van der Waals surface area contributed by atoms with Gasteiger partial charge in [-0.05, 0) is 28.2 Å². The second-order valence-corrected chi connectivity index (χ2v) is 7.37. The Morgan fingerprint density at radius 2 is 1.38 bits per heavy atom. The maximum Gasteiger partial charge on any atom is 0.0567 e. The molecule has 0 aromatic heterocycles. The number of benzene rings is 3.